The van der Waals surface area contributed by atoms with Crippen LogP contribution in [0.4, 0.5) is 10.1 Å². The van der Waals surface area contributed by atoms with Crippen LogP contribution >= 0.6 is 0 Å². The zero-order valence-electron chi connectivity index (χ0n) is 13.9. The molecule has 0 spiro atoms. The number of nitrogens with zero attached hydrogens (tertiary/aromatic N) is 1. The maximum atomic E-state index is 14.1. The highest BCUT2D eigenvalue weighted by atomic mass is 19.1. The third-order valence-electron chi connectivity index (χ3n) is 5.12. The lowest BCUT2D eigenvalue weighted by atomic mass is 9.21. The van der Waals surface area contributed by atoms with E-state index in [2.05, 4.69) is 0 Å². The van der Waals surface area contributed by atoms with Crippen LogP contribution in [0.5, 0.6) is 0 Å². The number of nitrogens with two attached hydrogens (primary N) is 1. The van der Waals surface area contributed by atoms with Gasteiger partial charge in [0.2, 0.25) is 11.8 Å². The molecular formula is C13H5B7FN3O3. The minimum Gasteiger partial charge on any atom is -0.399 e. The molecular weight excluding hydrogens is 341 g/mol. The molecule has 118 valence electrons. The highest BCUT2D eigenvalue weighted by Gasteiger charge is 2.63. The van der Waals surface area contributed by atoms with Crippen molar-refractivity contribution >= 4 is 89.3 Å². The first-order valence-corrected chi connectivity index (χ1v) is 7.48. The molecule has 0 unspecified atom stereocenters. The van der Waals surface area contributed by atoms with E-state index in [1.165, 1.54) is 0 Å². The molecule has 1 saturated heterocycles. The Morgan fingerprint density at radius 1 is 1.00 bits per heavy atom. The standard InChI is InChI=1S/C13H5B7FN3O3/c14-4-3-2(7(22)5(15)6(4)21)1-24(8(3)25)12(18)10(27)23-9(26)11(16,17)13(12,19)20/h1,22H2,(H,23,26,27)/t12-/m1/s1. The highest BCUT2D eigenvalue weighted by molar-refractivity contribution is 6.66. The minimum absolute atomic E-state index is 0.0152. The summed E-state index contributed by atoms with van der Waals surface area (Å²) in [5.41, 5.74) is 1.49. The second-order valence-corrected chi connectivity index (χ2v) is 6.59. The first-order chi connectivity index (χ1) is 12.2. The van der Waals surface area contributed by atoms with Gasteiger partial charge >= 0.3 is 0 Å². The average molecular weight is 346 g/mol. The topological polar surface area (TPSA) is 92.5 Å². The summed E-state index contributed by atoms with van der Waals surface area (Å²) in [7, 11) is 40.4. The van der Waals surface area contributed by atoms with Gasteiger partial charge in [-0.05, 0) is 16.1 Å². The van der Waals surface area contributed by atoms with Crippen molar-refractivity contribution in [3.05, 3.63) is 16.9 Å². The molecule has 0 aromatic heterocycles. The van der Waals surface area contributed by atoms with Gasteiger partial charge in [-0.1, -0.05) is 5.21 Å². The summed E-state index contributed by atoms with van der Waals surface area (Å²) >= 11 is 0. The lowest BCUT2D eigenvalue weighted by molar-refractivity contribution is -0.140. The average Bonchev–Trinajstić information content (AvgIpc) is 2.93. The quantitative estimate of drug-likeness (QED) is 0.304. The number of fused-ring (bicyclic) bond motifs is 1. The SMILES string of the molecule is [B]c1c(N)c2c(c([B])c1F)C(=O)N([C@]1([B])C(=O)NC(=O)C([B])([B])C1([B])[B])C2. The number of rotatable bonds is 1. The molecule has 1 atom stereocenters. The number of nitrogens with one attached hydrogen (secondary N) is 1. The molecule has 1 aromatic rings. The Labute approximate surface area is 163 Å². The molecule has 0 aliphatic carbocycles. The Morgan fingerprint density at radius 3 is 2.11 bits per heavy atom. The van der Waals surface area contributed by atoms with Crippen molar-refractivity contribution in [2.75, 3.05) is 5.73 Å². The smallest absolute Gasteiger partial charge is 0.254 e. The van der Waals surface area contributed by atoms with Gasteiger partial charge in [-0.3, -0.25) is 19.7 Å². The van der Waals surface area contributed by atoms with E-state index in [4.69, 9.17) is 60.7 Å². The zero-order chi connectivity index (χ0) is 20.7. The van der Waals surface area contributed by atoms with Crippen LogP contribution in [0, 0.1) is 5.82 Å². The Bertz CT molecular complexity index is 938. The van der Waals surface area contributed by atoms with Gasteiger partial charge in [-0.15, -0.1) is 0 Å². The first kappa shape index (κ1) is 19.8. The van der Waals surface area contributed by atoms with Crippen molar-refractivity contribution in [1.82, 2.24) is 10.2 Å². The molecule has 2 aliphatic rings. The largest absolute Gasteiger partial charge is 0.399 e. The van der Waals surface area contributed by atoms with Gasteiger partial charge in [-0.2, -0.15) is 0 Å². The van der Waals surface area contributed by atoms with Crippen LogP contribution in [0.25, 0.3) is 0 Å². The number of hydrogen-bond acceptors (Lipinski definition) is 4. The summed E-state index contributed by atoms with van der Waals surface area (Å²) < 4.78 is 14.1. The van der Waals surface area contributed by atoms with Crippen LogP contribution in [-0.2, 0) is 16.1 Å². The molecule has 6 nitrogen and oxygen atoms in total. The maximum Gasteiger partial charge on any atom is 0.254 e. The number of halogens is 1. The fourth-order valence-corrected chi connectivity index (χ4v) is 3.23. The molecule has 2 aliphatic heterocycles. The summed E-state index contributed by atoms with van der Waals surface area (Å²) in [6, 6.07) is 0. The fourth-order valence-electron chi connectivity index (χ4n) is 3.23. The third kappa shape index (κ3) is 2.12. The molecule has 2 heterocycles. The lowest BCUT2D eigenvalue weighted by Gasteiger charge is -2.60. The van der Waals surface area contributed by atoms with Gasteiger partial charge in [0.15, 0.2) is 0 Å². The number of hydrogen-bond donors (Lipinski definition) is 2. The number of nitrogen functional groups attached to an aromatic ring is 1. The van der Waals surface area contributed by atoms with Crippen LogP contribution in [0.15, 0.2) is 0 Å². The number of imide groups is 1. The summed E-state index contributed by atoms with van der Waals surface area (Å²) in [5, 5.41) is -3.33. The second kappa shape index (κ2) is 5.52. The van der Waals surface area contributed by atoms with Gasteiger partial charge in [0, 0.05) is 23.4 Å². The van der Waals surface area contributed by atoms with Crippen LogP contribution < -0.4 is 22.0 Å². The maximum absolute atomic E-state index is 14.1. The Kier molecular flexibility index (Phi) is 4.04. The molecule has 3 N–H and O–H groups in total. The number of carbonyl (C=O) groups is 3. The number of anilines is 1. The van der Waals surface area contributed by atoms with Gasteiger partial charge in [0.1, 0.15) is 29.4 Å². The monoisotopic (exact) mass is 347 g/mol. The van der Waals surface area contributed by atoms with E-state index in [9.17, 15) is 18.8 Å². The molecule has 3 rings (SSSR count). The number of benzene rings is 1. The van der Waals surface area contributed by atoms with E-state index in [-0.39, 0.29) is 16.8 Å². The van der Waals surface area contributed by atoms with Crippen molar-refractivity contribution in [2.24, 2.45) is 0 Å². The number of amides is 3. The van der Waals surface area contributed by atoms with Crippen molar-refractivity contribution in [1.29, 1.82) is 0 Å². The van der Waals surface area contributed by atoms with E-state index in [1.54, 1.807) is 0 Å². The van der Waals surface area contributed by atoms with Crippen molar-refractivity contribution in [3.63, 3.8) is 0 Å². The van der Waals surface area contributed by atoms with Gasteiger partial charge in [0.25, 0.3) is 5.91 Å². The van der Waals surface area contributed by atoms with Gasteiger partial charge in [0.05, 0.1) is 36.8 Å². The predicted octanol–water partition coefficient (Wildman–Crippen LogP) is -4.62. The molecule has 14 radical (unpaired) electrons. The first-order valence-electron chi connectivity index (χ1n) is 7.48. The fraction of sp³-hybridized carbons (Fsp3) is 0.308. The van der Waals surface area contributed by atoms with E-state index in [0.717, 1.165) is 0 Å². The summed E-state index contributed by atoms with van der Waals surface area (Å²) in [5.74, 6) is -4.56. The zero-order valence-corrected chi connectivity index (χ0v) is 13.9. The summed E-state index contributed by atoms with van der Waals surface area (Å²) in [6.07, 6.45) is 0. The second-order valence-electron chi connectivity index (χ2n) is 6.59. The summed E-state index contributed by atoms with van der Waals surface area (Å²) in [4.78, 5) is 38.0. The predicted molar refractivity (Wildman–Crippen MR) is 101 cm³/mol. The van der Waals surface area contributed by atoms with Crippen LogP contribution in [0.3, 0.4) is 0 Å². The highest BCUT2D eigenvalue weighted by Crippen LogP contribution is 2.55. The van der Waals surface area contributed by atoms with E-state index >= 15 is 0 Å². The van der Waals surface area contributed by atoms with Crippen molar-refractivity contribution in [2.45, 2.75) is 22.4 Å². The molecule has 14 heteroatoms. The van der Waals surface area contributed by atoms with Gasteiger partial charge in [-0.25, -0.2) is 4.39 Å². The van der Waals surface area contributed by atoms with Crippen LogP contribution in [0.1, 0.15) is 15.9 Å². The Morgan fingerprint density at radius 2 is 1.56 bits per heavy atom. The Hall–Kier alpha value is -1.99. The normalized spacial score (nSPS) is 26.0. The van der Waals surface area contributed by atoms with E-state index < -0.39 is 56.9 Å². The molecule has 3 amide bonds. The molecule has 27 heavy (non-hydrogen) atoms. The molecule has 0 saturated carbocycles. The van der Waals surface area contributed by atoms with Crippen LogP contribution in [0.2, 0.25) is 10.4 Å². The van der Waals surface area contributed by atoms with E-state index in [1.807, 2.05) is 5.32 Å². The van der Waals surface area contributed by atoms with Gasteiger partial charge < -0.3 is 10.6 Å². The Balaban J connectivity index is 2.22. The van der Waals surface area contributed by atoms with Crippen molar-refractivity contribution < 1.29 is 18.8 Å². The minimum atomic E-state index is -2.62. The molecule has 1 aromatic carbocycles. The van der Waals surface area contributed by atoms with Crippen LogP contribution in [-0.4, -0.2) is 83.0 Å². The molecule has 0 bridgehead atoms. The number of carbonyl (C=O) groups excluding carboxylic acids is 3. The number of piperidine rings is 1. The molecule has 1 fully saturated rings. The van der Waals surface area contributed by atoms with E-state index in [0.29, 0.717) is 4.90 Å². The third-order valence-corrected chi connectivity index (χ3v) is 5.12. The van der Waals surface area contributed by atoms with Crippen molar-refractivity contribution in [3.8, 4) is 0 Å². The summed E-state index contributed by atoms with van der Waals surface area (Å²) in [6.45, 7) is -0.459. The lowest BCUT2D eigenvalue weighted by Crippen LogP contribution is -2.75.